The molecule has 2 heterocycles. The molecule has 3 aromatic rings. The average molecular weight is 337 g/mol. The number of furan rings is 1. The third-order valence-corrected chi connectivity index (χ3v) is 4.56. The largest absolute Gasteiger partial charge is 0.486 e. The van der Waals surface area contributed by atoms with Gasteiger partial charge in [-0.15, -0.1) is 0 Å². The molecule has 1 aliphatic carbocycles. The summed E-state index contributed by atoms with van der Waals surface area (Å²) in [4.78, 5) is 16.4. The van der Waals surface area contributed by atoms with Crippen LogP contribution in [0.15, 0.2) is 41.1 Å². The van der Waals surface area contributed by atoms with Crippen LogP contribution in [0.5, 0.6) is 5.75 Å². The number of rotatable bonds is 4. The molecular weight excluding hydrogens is 318 g/mol. The van der Waals surface area contributed by atoms with Gasteiger partial charge in [-0.2, -0.15) is 0 Å². The van der Waals surface area contributed by atoms with Crippen molar-refractivity contribution in [2.24, 2.45) is 0 Å². The Balaban J connectivity index is 1.68. The Morgan fingerprint density at radius 1 is 1.36 bits per heavy atom. The van der Waals surface area contributed by atoms with Crippen molar-refractivity contribution in [3.05, 3.63) is 59.1 Å². The van der Waals surface area contributed by atoms with E-state index >= 15 is 0 Å². The lowest BCUT2D eigenvalue weighted by molar-refractivity contribution is 0.0526. The van der Waals surface area contributed by atoms with E-state index in [0.29, 0.717) is 29.3 Å². The van der Waals surface area contributed by atoms with Gasteiger partial charge in [-0.1, -0.05) is 0 Å². The molecule has 1 aliphatic rings. The first kappa shape index (κ1) is 15.7. The molecule has 1 unspecified atom stereocenters. The molecule has 4 rings (SSSR count). The Morgan fingerprint density at radius 3 is 3.08 bits per heavy atom. The van der Waals surface area contributed by atoms with Crippen LogP contribution in [0, 0.1) is 6.92 Å². The van der Waals surface area contributed by atoms with Crippen LogP contribution in [0.2, 0.25) is 0 Å². The summed E-state index contributed by atoms with van der Waals surface area (Å²) >= 11 is 0. The van der Waals surface area contributed by atoms with Gasteiger partial charge in [0.2, 0.25) is 0 Å². The summed E-state index contributed by atoms with van der Waals surface area (Å²) in [6.45, 7) is 3.89. The zero-order chi connectivity index (χ0) is 17.4. The van der Waals surface area contributed by atoms with Crippen molar-refractivity contribution in [2.45, 2.75) is 32.8 Å². The van der Waals surface area contributed by atoms with Gasteiger partial charge in [-0.3, -0.25) is 4.98 Å². The van der Waals surface area contributed by atoms with Gasteiger partial charge in [-0.05, 0) is 62.1 Å². The molecule has 1 aromatic carbocycles. The third-order valence-electron chi connectivity index (χ3n) is 4.56. The second-order valence-corrected chi connectivity index (χ2v) is 6.13. The Labute approximate surface area is 145 Å². The van der Waals surface area contributed by atoms with Crippen molar-refractivity contribution in [1.29, 1.82) is 0 Å². The highest BCUT2D eigenvalue weighted by Crippen LogP contribution is 2.36. The molecule has 128 valence electrons. The van der Waals surface area contributed by atoms with Crippen LogP contribution in [0.3, 0.4) is 0 Å². The fourth-order valence-electron chi connectivity index (χ4n) is 3.42. The quantitative estimate of drug-likeness (QED) is 0.661. The standard InChI is InChI=1S/C20H19NO4/c1-3-23-20(22)19-12(2)24-18-7-5-14(10-16(18)19)25-17-6-4-13-11-21-9-8-15(13)17/h5,7-11,17H,3-4,6H2,1-2H3. The van der Waals surface area contributed by atoms with Gasteiger partial charge in [0, 0.05) is 17.8 Å². The fraction of sp³-hybridized carbons (Fsp3) is 0.300. The maximum atomic E-state index is 12.2. The van der Waals surface area contributed by atoms with E-state index in [1.165, 1.54) is 11.1 Å². The van der Waals surface area contributed by atoms with Crippen LogP contribution in [0.1, 0.15) is 46.7 Å². The van der Waals surface area contributed by atoms with Crippen LogP contribution in [0.4, 0.5) is 0 Å². The Hall–Kier alpha value is -2.82. The summed E-state index contributed by atoms with van der Waals surface area (Å²) in [5.41, 5.74) is 3.55. The lowest BCUT2D eigenvalue weighted by Crippen LogP contribution is -2.06. The first-order chi connectivity index (χ1) is 12.2. The molecule has 0 N–H and O–H groups in total. The van der Waals surface area contributed by atoms with Gasteiger partial charge in [0.1, 0.15) is 28.8 Å². The Morgan fingerprint density at radius 2 is 2.24 bits per heavy atom. The predicted molar refractivity (Wildman–Crippen MR) is 92.8 cm³/mol. The van der Waals surface area contributed by atoms with Crippen molar-refractivity contribution < 1.29 is 18.7 Å². The molecule has 0 saturated heterocycles. The number of hydrogen-bond acceptors (Lipinski definition) is 5. The summed E-state index contributed by atoms with van der Waals surface area (Å²) in [6, 6.07) is 7.58. The topological polar surface area (TPSA) is 61.6 Å². The number of ether oxygens (including phenoxy) is 2. The lowest BCUT2D eigenvalue weighted by atomic mass is 10.1. The van der Waals surface area contributed by atoms with Crippen molar-refractivity contribution >= 4 is 16.9 Å². The number of aromatic nitrogens is 1. The first-order valence-electron chi connectivity index (χ1n) is 8.47. The van der Waals surface area contributed by atoms with Gasteiger partial charge >= 0.3 is 5.97 Å². The van der Waals surface area contributed by atoms with Gasteiger partial charge in [0.05, 0.1) is 6.61 Å². The maximum Gasteiger partial charge on any atom is 0.342 e. The average Bonchev–Trinajstić information content (AvgIpc) is 3.15. The molecule has 2 aromatic heterocycles. The van der Waals surface area contributed by atoms with E-state index in [1.807, 2.05) is 30.5 Å². The predicted octanol–water partition coefficient (Wildman–Crippen LogP) is 4.38. The van der Waals surface area contributed by atoms with Crippen LogP contribution in [0.25, 0.3) is 11.0 Å². The summed E-state index contributed by atoms with van der Waals surface area (Å²) in [5, 5.41) is 0.724. The second-order valence-electron chi connectivity index (χ2n) is 6.13. The highest BCUT2D eigenvalue weighted by atomic mass is 16.5. The van der Waals surface area contributed by atoms with Gasteiger partial charge < -0.3 is 13.9 Å². The van der Waals surface area contributed by atoms with E-state index in [-0.39, 0.29) is 12.1 Å². The van der Waals surface area contributed by atoms with Gasteiger partial charge in [-0.25, -0.2) is 4.79 Å². The molecule has 0 radical (unpaired) electrons. The molecular formula is C20H19NO4. The number of hydrogen-bond donors (Lipinski definition) is 0. The highest BCUT2D eigenvalue weighted by Gasteiger charge is 2.25. The van der Waals surface area contributed by atoms with Crippen molar-refractivity contribution in [3.63, 3.8) is 0 Å². The molecule has 1 atom stereocenters. The summed E-state index contributed by atoms with van der Waals surface area (Å²) in [5.74, 6) is 0.907. The SMILES string of the molecule is CCOC(=O)c1c(C)oc2ccc(OC3CCc4cnccc43)cc12. The molecule has 0 spiro atoms. The monoisotopic (exact) mass is 337 g/mol. The number of carbonyl (C=O) groups is 1. The smallest absolute Gasteiger partial charge is 0.342 e. The summed E-state index contributed by atoms with van der Waals surface area (Å²) in [7, 11) is 0. The van der Waals surface area contributed by atoms with E-state index in [9.17, 15) is 4.79 Å². The van der Waals surface area contributed by atoms with Crippen molar-refractivity contribution in [3.8, 4) is 5.75 Å². The molecule has 0 aliphatic heterocycles. The number of aryl methyl sites for hydroxylation is 2. The maximum absolute atomic E-state index is 12.2. The van der Waals surface area contributed by atoms with E-state index in [4.69, 9.17) is 13.9 Å². The zero-order valence-corrected chi connectivity index (χ0v) is 14.2. The van der Waals surface area contributed by atoms with Crippen molar-refractivity contribution in [2.75, 3.05) is 6.61 Å². The highest BCUT2D eigenvalue weighted by molar-refractivity contribution is 6.04. The van der Waals surface area contributed by atoms with Crippen LogP contribution >= 0.6 is 0 Å². The zero-order valence-electron chi connectivity index (χ0n) is 14.2. The van der Waals surface area contributed by atoms with E-state index < -0.39 is 0 Å². The van der Waals surface area contributed by atoms with Gasteiger partial charge in [0.15, 0.2) is 0 Å². The van der Waals surface area contributed by atoms with Crippen LogP contribution < -0.4 is 4.74 Å². The number of pyridine rings is 1. The number of carbonyl (C=O) groups excluding carboxylic acids is 1. The number of esters is 1. The molecule has 0 fully saturated rings. The third kappa shape index (κ3) is 2.76. The summed E-state index contributed by atoms with van der Waals surface area (Å²) < 4.78 is 17.0. The van der Waals surface area contributed by atoms with Crippen LogP contribution in [-0.2, 0) is 11.2 Å². The molecule has 0 bridgehead atoms. The summed E-state index contributed by atoms with van der Waals surface area (Å²) in [6.07, 6.45) is 5.60. The molecule has 5 heteroatoms. The van der Waals surface area contributed by atoms with E-state index in [0.717, 1.165) is 18.2 Å². The normalized spacial score (nSPS) is 16.0. The number of fused-ring (bicyclic) bond motifs is 2. The second kappa shape index (κ2) is 6.24. The molecule has 0 saturated carbocycles. The first-order valence-corrected chi connectivity index (χ1v) is 8.47. The minimum Gasteiger partial charge on any atom is -0.486 e. The lowest BCUT2D eigenvalue weighted by Gasteiger charge is -2.14. The Bertz CT molecular complexity index is 944. The molecule has 0 amide bonds. The number of benzene rings is 1. The fourth-order valence-corrected chi connectivity index (χ4v) is 3.42. The van der Waals surface area contributed by atoms with Gasteiger partial charge in [0.25, 0.3) is 0 Å². The number of nitrogens with zero attached hydrogens (tertiary/aromatic N) is 1. The van der Waals surface area contributed by atoms with E-state index in [2.05, 4.69) is 4.98 Å². The molecule has 25 heavy (non-hydrogen) atoms. The van der Waals surface area contributed by atoms with Crippen molar-refractivity contribution in [1.82, 2.24) is 4.98 Å². The Kier molecular flexibility index (Phi) is 3.92. The minimum absolute atomic E-state index is 0.00879. The molecule has 5 nitrogen and oxygen atoms in total. The van der Waals surface area contributed by atoms with E-state index in [1.54, 1.807) is 20.0 Å². The van der Waals surface area contributed by atoms with Crippen LogP contribution in [-0.4, -0.2) is 17.6 Å². The minimum atomic E-state index is -0.367.